The molecule has 148 valence electrons. The summed E-state index contributed by atoms with van der Waals surface area (Å²) in [5.41, 5.74) is 0.243. The summed E-state index contributed by atoms with van der Waals surface area (Å²) in [6.07, 6.45) is -3.37. The third kappa shape index (κ3) is 3.58. The molecule has 0 spiro atoms. The molecule has 1 aliphatic heterocycles. The van der Waals surface area contributed by atoms with Crippen LogP contribution in [0.3, 0.4) is 0 Å². The Morgan fingerprint density at radius 1 is 1.10 bits per heavy atom. The first-order chi connectivity index (χ1) is 13.8. The van der Waals surface area contributed by atoms with Crippen LogP contribution in [0.25, 0.3) is 11.1 Å². The number of aromatic nitrogens is 2. The van der Waals surface area contributed by atoms with Crippen LogP contribution in [0.2, 0.25) is 0 Å². The fourth-order valence-corrected chi connectivity index (χ4v) is 3.26. The molecule has 0 bridgehead atoms. The molecule has 1 aromatic heterocycles. The van der Waals surface area contributed by atoms with E-state index in [1.54, 1.807) is 6.20 Å². The van der Waals surface area contributed by atoms with E-state index < -0.39 is 29.6 Å². The highest BCUT2D eigenvalue weighted by molar-refractivity contribution is 6.04. The van der Waals surface area contributed by atoms with Gasteiger partial charge in [0.2, 0.25) is 5.91 Å². The minimum atomic E-state index is -4.60. The molecule has 6 nitrogen and oxygen atoms in total. The Labute approximate surface area is 163 Å². The van der Waals surface area contributed by atoms with Crippen LogP contribution in [0.4, 0.5) is 24.7 Å². The summed E-state index contributed by atoms with van der Waals surface area (Å²) in [6.45, 7) is 0. The highest BCUT2D eigenvalue weighted by atomic mass is 19.4. The van der Waals surface area contributed by atoms with Crippen LogP contribution in [0.5, 0.6) is 0 Å². The maximum Gasteiger partial charge on any atom is 0.418 e. The number of alkyl halides is 3. The van der Waals surface area contributed by atoms with Gasteiger partial charge in [-0.3, -0.25) is 9.59 Å². The van der Waals surface area contributed by atoms with Gasteiger partial charge in [-0.05, 0) is 17.7 Å². The van der Waals surface area contributed by atoms with Crippen molar-refractivity contribution in [3.8, 4) is 11.1 Å². The number of rotatable bonds is 4. The van der Waals surface area contributed by atoms with Crippen molar-refractivity contribution in [1.29, 1.82) is 0 Å². The maximum absolute atomic E-state index is 13.1. The van der Waals surface area contributed by atoms with E-state index in [1.165, 1.54) is 22.9 Å². The zero-order chi connectivity index (χ0) is 20.6. The first-order valence-corrected chi connectivity index (χ1v) is 8.74. The monoisotopic (exact) mass is 400 g/mol. The number of amides is 2. The number of carbonyl (C=O) groups is 2. The van der Waals surface area contributed by atoms with Gasteiger partial charge in [-0.25, -0.2) is 4.68 Å². The van der Waals surface area contributed by atoms with E-state index in [0.29, 0.717) is 11.4 Å². The number of nitrogens with one attached hydrogen (secondary N) is 2. The summed E-state index contributed by atoms with van der Waals surface area (Å²) in [4.78, 5) is 24.7. The number of anilines is 2. The van der Waals surface area contributed by atoms with Gasteiger partial charge >= 0.3 is 6.18 Å². The summed E-state index contributed by atoms with van der Waals surface area (Å²) in [7, 11) is 0. The molecule has 2 aromatic carbocycles. The number of carbonyl (C=O) groups excluding carboxylic acids is 2. The van der Waals surface area contributed by atoms with E-state index in [9.17, 15) is 22.8 Å². The predicted molar refractivity (Wildman–Crippen MR) is 100 cm³/mol. The minimum absolute atomic E-state index is 0.346. The van der Waals surface area contributed by atoms with E-state index in [4.69, 9.17) is 0 Å². The average Bonchev–Trinajstić information content (AvgIpc) is 3.22. The Kier molecular flexibility index (Phi) is 4.57. The lowest BCUT2D eigenvalue weighted by molar-refractivity contribution is -0.137. The molecule has 0 saturated heterocycles. The van der Waals surface area contributed by atoms with E-state index >= 15 is 0 Å². The Morgan fingerprint density at radius 2 is 1.79 bits per heavy atom. The molecule has 1 aliphatic rings. The number of para-hydroxylation sites is 1. The molecule has 1 unspecified atom stereocenters. The number of hydrogen-bond acceptors (Lipinski definition) is 3. The van der Waals surface area contributed by atoms with Crippen LogP contribution < -0.4 is 10.6 Å². The van der Waals surface area contributed by atoms with E-state index in [-0.39, 0.29) is 12.1 Å². The van der Waals surface area contributed by atoms with Gasteiger partial charge in [0, 0.05) is 5.56 Å². The summed E-state index contributed by atoms with van der Waals surface area (Å²) < 4.78 is 40.7. The Bertz CT molecular complexity index is 1080. The lowest BCUT2D eigenvalue weighted by Crippen LogP contribution is -2.24. The topological polar surface area (TPSA) is 76.0 Å². The molecule has 0 saturated carbocycles. The minimum Gasteiger partial charge on any atom is -0.325 e. The lowest BCUT2D eigenvalue weighted by atomic mass is 10.1. The number of halogens is 3. The average molecular weight is 400 g/mol. The van der Waals surface area contributed by atoms with E-state index in [2.05, 4.69) is 15.7 Å². The van der Waals surface area contributed by atoms with Crippen molar-refractivity contribution in [3.05, 3.63) is 66.4 Å². The number of hydrogen-bond donors (Lipinski definition) is 2. The summed E-state index contributed by atoms with van der Waals surface area (Å²) in [5, 5.41) is 9.15. The molecule has 9 heteroatoms. The Balaban J connectivity index is 1.54. The van der Waals surface area contributed by atoms with Gasteiger partial charge in [0.1, 0.15) is 11.9 Å². The smallest absolute Gasteiger partial charge is 0.325 e. The highest BCUT2D eigenvalue weighted by Crippen LogP contribution is 2.37. The molecule has 4 rings (SSSR count). The van der Waals surface area contributed by atoms with Crippen molar-refractivity contribution in [2.75, 3.05) is 10.6 Å². The van der Waals surface area contributed by atoms with Crippen LogP contribution >= 0.6 is 0 Å². The fourth-order valence-electron chi connectivity index (χ4n) is 3.26. The first-order valence-electron chi connectivity index (χ1n) is 8.74. The van der Waals surface area contributed by atoms with Gasteiger partial charge in [0.15, 0.2) is 0 Å². The van der Waals surface area contributed by atoms with Crippen LogP contribution in [0.15, 0.2) is 60.8 Å². The van der Waals surface area contributed by atoms with Gasteiger partial charge in [-0.15, -0.1) is 0 Å². The molecule has 2 amide bonds. The van der Waals surface area contributed by atoms with Crippen LogP contribution in [0, 0.1) is 0 Å². The summed E-state index contributed by atoms with van der Waals surface area (Å²) in [6, 6.07) is 13.0. The van der Waals surface area contributed by atoms with Crippen molar-refractivity contribution in [2.24, 2.45) is 0 Å². The van der Waals surface area contributed by atoms with Crippen molar-refractivity contribution < 1.29 is 22.8 Å². The summed E-state index contributed by atoms with van der Waals surface area (Å²) >= 11 is 0. The van der Waals surface area contributed by atoms with Gasteiger partial charge in [-0.1, -0.05) is 42.5 Å². The van der Waals surface area contributed by atoms with E-state index in [1.807, 2.05) is 30.3 Å². The molecule has 0 fully saturated rings. The second-order valence-electron chi connectivity index (χ2n) is 6.52. The SMILES string of the molecule is O=C(CC1C(=O)Nc2c(-c3ccccc3)cnn21)Nc1ccccc1C(F)(F)F. The van der Waals surface area contributed by atoms with Crippen molar-refractivity contribution in [2.45, 2.75) is 18.6 Å². The molecule has 0 radical (unpaired) electrons. The Morgan fingerprint density at radius 3 is 2.52 bits per heavy atom. The maximum atomic E-state index is 13.1. The van der Waals surface area contributed by atoms with Crippen LogP contribution in [0.1, 0.15) is 18.0 Å². The summed E-state index contributed by atoms with van der Waals surface area (Å²) in [5.74, 6) is -0.703. The first kappa shape index (κ1) is 18.7. The molecular weight excluding hydrogens is 385 g/mol. The second kappa shape index (κ2) is 7.08. The third-order valence-corrected chi connectivity index (χ3v) is 4.61. The van der Waals surface area contributed by atoms with E-state index in [0.717, 1.165) is 11.6 Å². The molecule has 2 N–H and O–H groups in total. The molecule has 29 heavy (non-hydrogen) atoms. The zero-order valence-electron chi connectivity index (χ0n) is 14.9. The zero-order valence-corrected chi connectivity index (χ0v) is 14.9. The predicted octanol–water partition coefficient (Wildman–Crippen LogP) is 4.09. The molecular formula is C20H15F3N4O2. The highest BCUT2D eigenvalue weighted by Gasteiger charge is 2.36. The molecule has 3 aromatic rings. The lowest BCUT2D eigenvalue weighted by Gasteiger charge is -2.14. The standard InChI is InChI=1S/C20H15F3N4O2/c21-20(22,23)14-8-4-5-9-15(14)25-17(28)10-16-19(29)26-18-13(11-24-27(16)18)12-6-2-1-3-7-12/h1-9,11,16H,10H2,(H,25,28)(H,26,29). The van der Waals surface area contributed by atoms with Gasteiger partial charge < -0.3 is 10.6 Å². The van der Waals surface area contributed by atoms with Gasteiger partial charge in [0.05, 0.1) is 23.9 Å². The van der Waals surface area contributed by atoms with Gasteiger partial charge in [-0.2, -0.15) is 18.3 Å². The number of benzene rings is 2. The normalized spacial score (nSPS) is 15.7. The fraction of sp³-hybridized carbons (Fsp3) is 0.150. The Hall–Kier alpha value is -3.62. The van der Waals surface area contributed by atoms with Crippen molar-refractivity contribution in [1.82, 2.24) is 9.78 Å². The molecule has 1 atom stereocenters. The quantitative estimate of drug-likeness (QED) is 0.693. The third-order valence-electron chi connectivity index (χ3n) is 4.61. The largest absolute Gasteiger partial charge is 0.418 e. The number of fused-ring (bicyclic) bond motifs is 1. The van der Waals surface area contributed by atoms with Crippen molar-refractivity contribution in [3.63, 3.8) is 0 Å². The van der Waals surface area contributed by atoms with Crippen LogP contribution in [-0.2, 0) is 15.8 Å². The van der Waals surface area contributed by atoms with Crippen LogP contribution in [-0.4, -0.2) is 21.6 Å². The second-order valence-corrected chi connectivity index (χ2v) is 6.52. The van der Waals surface area contributed by atoms with Crippen molar-refractivity contribution >= 4 is 23.3 Å². The molecule has 0 aliphatic carbocycles. The molecule has 2 heterocycles. The number of nitrogens with zero attached hydrogens (tertiary/aromatic N) is 2. The van der Waals surface area contributed by atoms with Gasteiger partial charge in [0.25, 0.3) is 5.91 Å².